The molecule has 9 aromatic rings. The molecule has 0 saturated carbocycles. The summed E-state index contributed by atoms with van der Waals surface area (Å²) in [6.07, 6.45) is 0. The molecule has 0 spiro atoms. The maximum atomic E-state index is 6.65. The van der Waals surface area contributed by atoms with Crippen molar-refractivity contribution in [3.8, 4) is 56.4 Å². The minimum Gasteiger partial charge on any atom is -0.455 e. The zero-order chi connectivity index (χ0) is 31.2. The molecule has 2 aromatic heterocycles. The predicted octanol–water partition coefficient (Wildman–Crippen LogP) is 11.3. The Hall–Kier alpha value is -6.39. The van der Waals surface area contributed by atoms with Gasteiger partial charge in [-0.25, -0.2) is 15.0 Å². The zero-order valence-electron chi connectivity index (χ0n) is 25.3. The first-order valence-electron chi connectivity index (χ1n) is 15.7. The highest BCUT2D eigenvalue weighted by Gasteiger charge is 2.19. The van der Waals surface area contributed by atoms with Gasteiger partial charge in [-0.2, -0.15) is 0 Å². The molecule has 220 valence electrons. The van der Waals surface area contributed by atoms with Crippen LogP contribution in [-0.2, 0) is 0 Å². The Labute approximate surface area is 271 Å². The monoisotopic (exact) mass is 601 g/mol. The van der Waals surface area contributed by atoms with E-state index >= 15 is 0 Å². The Kier molecular flexibility index (Phi) is 6.43. The summed E-state index contributed by atoms with van der Waals surface area (Å²) < 4.78 is 6.65. The summed E-state index contributed by atoms with van der Waals surface area (Å²) in [6, 6.07) is 56.3. The van der Waals surface area contributed by atoms with Crippen molar-refractivity contribution < 1.29 is 4.42 Å². The van der Waals surface area contributed by atoms with Crippen LogP contribution in [0.25, 0.3) is 89.1 Å². The molecule has 0 saturated heterocycles. The van der Waals surface area contributed by atoms with Gasteiger partial charge in [-0.05, 0) is 45.7 Å². The van der Waals surface area contributed by atoms with E-state index < -0.39 is 0 Å². The largest absolute Gasteiger partial charge is 0.455 e. The van der Waals surface area contributed by atoms with Crippen LogP contribution in [0, 0.1) is 0 Å². The Morgan fingerprint density at radius 3 is 1.55 bits per heavy atom. The van der Waals surface area contributed by atoms with Crippen molar-refractivity contribution in [2.75, 3.05) is 0 Å². The number of benzene rings is 7. The fraction of sp³-hybridized carbons (Fsp3) is 0. The van der Waals surface area contributed by atoms with Crippen LogP contribution in [0.2, 0.25) is 0 Å². The summed E-state index contributed by atoms with van der Waals surface area (Å²) in [5.74, 6) is 1.87. The second-order valence-electron chi connectivity index (χ2n) is 11.6. The van der Waals surface area contributed by atoms with Crippen molar-refractivity contribution in [1.82, 2.24) is 15.0 Å². The molecule has 0 aliphatic heterocycles. The molecule has 0 unspecified atom stereocenters. The standard InChI is InChI=1S/C43H27N3O/c1-4-12-28(13-5-1)31-22-23-33-27-34(25-24-32(33)26-31)35-18-10-19-36-39-37(20-11-21-38(39)47-40(35)36)43-45-41(29-14-6-2-7-15-29)44-42(46-43)30-16-8-3-9-17-30/h1-27H. The molecule has 4 heteroatoms. The van der Waals surface area contributed by atoms with Gasteiger partial charge in [0.2, 0.25) is 0 Å². The Balaban J connectivity index is 1.20. The maximum Gasteiger partial charge on any atom is 0.164 e. The predicted molar refractivity (Wildman–Crippen MR) is 192 cm³/mol. The smallest absolute Gasteiger partial charge is 0.164 e. The molecule has 0 atom stereocenters. The van der Waals surface area contributed by atoms with Crippen molar-refractivity contribution in [2.24, 2.45) is 0 Å². The van der Waals surface area contributed by atoms with E-state index in [0.29, 0.717) is 17.5 Å². The number of nitrogens with zero attached hydrogens (tertiary/aromatic N) is 3. The first-order chi connectivity index (χ1) is 23.3. The van der Waals surface area contributed by atoms with Crippen molar-refractivity contribution >= 4 is 32.7 Å². The molecule has 9 rings (SSSR count). The molecule has 0 fully saturated rings. The normalized spacial score (nSPS) is 11.4. The van der Waals surface area contributed by atoms with E-state index in [4.69, 9.17) is 19.4 Å². The Morgan fingerprint density at radius 1 is 0.362 bits per heavy atom. The summed E-state index contributed by atoms with van der Waals surface area (Å²) in [5, 5.41) is 4.40. The summed E-state index contributed by atoms with van der Waals surface area (Å²) in [7, 11) is 0. The molecule has 0 N–H and O–H groups in total. The van der Waals surface area contributed by atoms with Gasteiger partial charge in [-0.15, -0.1) is 0 Å². The zero-order valence-corrected chi connectivity index (χ0v) is 25.3. The van der Waals surface area contributed by atoms with Gasteiger partial charge in [0.1, 0.15) is 11.2 Å². The highest BCUT2D eigenvalue weighted by Crippen LogP contribution is 2.41. The summed E-state index contributed by atoms with van der Waals surface area (Å²) in [4.78, 5) is 14.9. The third kappa shape index (κ3) is 4.84. The van der Waals surface area contributed by atoms with E-state index in [1.807, 2.05) is 78.9 Å². The molecule has 0 radical (unpaired) electrons. The lowest BCUT2D eigenvalue weighted by Gasteiger charge is -2.09. The number of para-hydroxylation sites is 1. The lowest BCUT2D eigenvalue weighted by molar-refractivity contribution is 0.670. The van der Waals surface area contributed by atoms with Crippen LogP contribution in [0.15, 0.2) is 168 Å². The number of fused-ring (bicyclic) bond motifs is 4. The number of rotatable bonds is 5. The van der Waals surface area contributed by atoms with Crippen LogP contribution in [0.5, 0.6) is 0 Å². The fourth-order valence-electron chi connectivity index (χ4n) is 6.41. The average molecular weight is 602 g/mol. The van der Waals surface area contributed by atoms with Crippen molar-refractivity contribution in [3.63, 3.8) is 0 Å². The topological polar surface area (TPSA) is 51.8 Å². The van der Waals surface area contributed by atoms with Gasteiger partial charge in [-0.3, -0.25) is 0 Å². The van der Waals surface area contributed by atoms with E-state index in [1.165, 1.54) is 21.9 Å². The van der Waals surface area contributed by atoms with Gasteiger partial charge in [0, 0.05) is 33.0 Å². The molecule has 0 aliphatic rings. The van der Waals surface area contributed by atoms with Crippen LogP contribution in [0.3, 0.4) is 0 Å². The second kappa shape index (κ2) is 11.2. The fourth-order valence-corrected chi connectivity index (χ4v) is 6.41. The van der Waals surface area contributed by atoms with E-state index in [1.54, 1.807) is 0 Å². The number of furan rings is 1. The quantitative estimate of drug-likeness (QED) is 0.197. The molecule has 0 amide bonds. The molecule has 4 nitrogen and oxygen atoms in total. The molecular weight excluding hydrogens is 574 g/mol. The molecule has 2 heterocycles. The minimum atomic E-state index is 0.608. The second-order valence-corrected chi connectivity index (χ2v) is 11.6. The lowest BCUT2D eigenvalue weighted by Crippen LogP contribution is -2.00. The third-order valence-electron chi connectivity index (χ3n) is 8.72. The number of aromatic nitrogens is 3. The van der Waals surface area contributed by atoms with E-state index in [0.717, 1.165) is 49.8 Å². The van der Waals surface area contributed by atoms with Crippen LogP contribution in [-0.4, -0.2) is 15.0 Å². The minimum absolute atomic E-state index is 0.608. The summed E-state index contributed by atoms with van der Waals surface area (Å²) >= 11 is 0. The molecular formula is C43H27N3O. The highest BCUT2D eigenvalue weighted by molar-refractivity contribution is 6.15. The average Bonchev–Trinajstić information content (AvgIpc) is 3.55. The first kappa shape index (κ1) is 27.0. The molecule has 47 heavy (non-hydrogen) atoms. The molecule has 7 aromatic carbocycles. The van der Waals surface area contributed by atoms with Gasteiger partial charge in [0.15, 0.2) is 17.5 Å². The number of hydrogen-bond acceptors (Lipinski definition) is 4. The molecule has 0 aliphatic carbocycles. The summed E-state index contributed by atoms with van der Waals surface area (Å²) in [6.45, 7) is 0. The molecule has 0 bridgehead atoms. The van der Waals surface area contributed by atoms with Gasteiger partial charge in [0.05, 0.1) is 0 Å². The number of hydrogen-bond donors (Lipinski definition) is 0. The van der Waals surface area contributed by atoms with E-state index in [2.05, 4.69) is 84.9 Å². The summed E-state index contributed by atoms with van der Waals surface area (Å²) in [5.41, 5.74) is 8.99. The van der Waals surface area contributed by atoms with Crippen LogP contribution in [0.4, 0.5) is 0 Å². The van der Waals surface area contributed by atoms with E-state index in [9.17, 15) is 0 Å². The highest BCUT2D eigenvalue weighted by atomic mass is 16.3. The van der Waals surface area contributed by atoms with Crippen molar-refractivity contribution in [3.05, 3.63) is 164 Å². The van der Waals surface area contributed by atoms with E-state index in [-0.39, 0.29) is 0 Å². The van der Waals surface area contributed by atoms with Gasteiger partial charge in [0.25, 0.3) is 0 Å². The van der Waals surface area contributed by atoms with Crippen molar-refractivity contribution in [1.29, 1.82) is 0 Å². The van der Waals surface area contributed by atoms with Gasteiger partial charge < -0.3 is 4.42 Å². The van der Waals surface area contributed by atoms with Gasteiger partial charge >= 0.3 is 0 Å². The lowest BCUT2D eigenvalue weighted by atomic mass is 9.96. The Bertz CT molecular complexity index is 2500. The van der Waals surface area contributed by atoms with Crippen molar-refractivity contribution in [2.45, 2.75) is 0 Å². The first-order valence-corrected chi connectivity index (χ1v) is 15.7. The van der Waals surface area contributed by atoms with Crippen LogP contribution < -0.4 is 0 Å². The van der Waals surface area contributed by atoms with Crippen LogP contribution in [0.1, 0.15) is 0 Å². The van der Waals surface area contributed by atoms with Crippen LogP contribution >= 0.6 is 0 Å². The maximum absolute atomic E-state index is 6.65. The SMILES string of the molecule is c1ccc(-c2ccc3cc(-c4cccc5c4oc4cccc(-c6nc(-c7ccccc7)nc(-c7ccccc7)n6)c45)ccc3c2)cc1. The Morgan fingerprint density at radius 2 is 0.894 bits per heavy atom. The van der Waals surface area contributed by atoms with Gasteiger partial charge in [-0.1, -0.05) is 146 Å². The third-order valence-corrected chi connectivity index (χ3v) is 8.72.